The van der Waals surface area contributed by atoms with E-state index in [9.17, 15) is 5.11 Å². The molecule has 0 atom stereocenters. The van der Waals surface area contributed by atoms with Crippen LogP contribution >= 0.6 is 0 Å². The summed E-state index contributed by atoms with van der Waals surface area (Å²) >= 11 is 0. The van der Waals surface area contributed by atoms with Gasteiger partial charge >= 0.3 is 0 Å². The summed E-state index contributed by atoms with van der Waals surface area (Å²) in [6.07, 6.45) is 14.1. The van der Waals surface area contributed by atoms with E-state index >= 15 is 0 Å². The molecule has 0 saturated heterocycles. The second kappa shape index (κ2) is 23.6. The molecule has 0 fully saturated rings. The molecule has 0 spiro atoms. The average molecular weight is 715 g/mol. The van der Waals surface area contributed by atoms with Crippen molar-refractivity contribution < 1.29 is 24.1 Å². The number of phenols is 1. The Kier molecular flexibility index (Phi) is 17.5. The van der Waals surface area contributed by atoms with Crippen LogP contribution in [0.4, 0.5) is 0 Å². The summed E-state index contributed by atoms with van der Waals surface area (Å²) in [7, 11) is 0. The number of phenolic OH excluding ortho intramolecular Hbond substituents is 1. The fourth-order valence-corrected chi connectivity index (χ4v) is 6.51. The summed E-state index contributed by atoms with van der Waals surface area (Å²) in [4.78, 5) is 0. The van der Waals surface area contributed by atoms with Crippen LogP contribution in [0.5, 0.6) is 28.7 Å². The second-order valence-electron chi connectivity index (χ2n) is 13.8. The number of unbranched alkanes of at least 4 members (excludes halogenated alkanes) is 6. The number of aryl methyl sites for hydroxylation is 4. The summed E-state index contributed by atoms with van der Waals surface area (Å²) in [5.74, 6) is 1.80. The summed E-state index contributed by atoms with van der Waals surface area (Å²) < 4.78 is 25.7. The van der Waals surface area contributed by atoms with E-state index in [0.717, 1.165) is 89.9 Å². The van der Waals surface area contributed by atoms with Gasteiger partial charge in [-0.15, -0.1) is 0 Å². The van der Waals surface area contributed by atoms with Crippen molar-refractivity contribution in [2.45, 2.75) is 89.9 Å². The SMILES string of the molecule is Oc1cc(OCCCc2ccccc2)c(OCCCc2ccccc2)c(OCCCCCCc2ccccc2)c1OCCCCCCc1ccccc1. The summed E-state index contributed by atoms with van der Waals surface area (Å²) in [6.45, 7) is 1.95. The molecular formula is C48H58O5. The topological polar surface area (TPSA) is 57.2 Å². The largest absolute Gasteiger partial charge is 0.504 e. The zero-order chi connectivity index (χ0) is 36.6. The van der Waals surface area contributed by atoms with Crippen LogP contribution in [0.15, 0.2) is 127 Å². The van der Waals surface area contributed by atoms with E-state index in [2.05, 4.69) is 109 Å². The molecule has 5 aromatic rings. The van der Waals surface area contributed by atoms with Gasteiger partial charge in [-0.25, -0.2) is 0 Å². The average Bonchev–Trinajstić information content (AvgIpc) is 3.20. The Labute approximate surface area is 317 Å². The van der Waals surface area contributed by atoms with Crippen LogP contribution in [0.3, 0.4) is 0 Å². The lowest BCUT2D eigenvalue weighted by molar-refractivity contribution is 0.215. The minimum absolute atomic E-state index is 0.0154. The van der Waals surface area contributed by atoms with Gasteiger partial charge in [0.1, 0.15) is 0 Å². The highest BCUT2D eigenvalue weighted by atomic mass is 16.6. The molecule has 0 bridgehead atoms. The zero-order valence-corrected chi connectivity index (χ0v) is 31.4. The Morgan fingerprint density at radius 3 is 1.11 bits per heavy atom. The van der Waals surface area contributed by atoms with E-state index in [1.807, 2.05) is 12.1 Å². The third kappa shape index (κ3) is 14.6. The summed E-state index contributed by atoms with van der Waals surface area (Å²) in [5, 5.41) is 11.4. The molecule has 0 radical (unpaired) electrons. The molecule has 1 N–H and O–H groups in total. The molecule has 280 valence electrons. The number of hydrogen-bond donors (Lipinski definition) is 1. The molecule has 0 aliphatic rings. The first-order valence-electron chi connectivity index (χ1n) is 19.8. The van der Waals surface area contributed by atoms with Gasteiger partial charge < -0.3 is 24.1 Å². The van der Waals surface area contributed by atoms with Crippen LogP contribution in [-0.4, -0.2) is 31.5 Å². The fourth-order valence-electron chi connectivity index (χ4n) is 6.51. The van der Waals surface area contributed by atoms with Crippen LogP contribution in [0, 0.1) is 0 Å². The van der Waals surface area contributed by atoms with Gasteiger partial charge in [0.15, 0.2) is 11.5 Å². The van der Waals surface area contributed by atoms with Crippen molar-refractivity contribution in [3.05, 3.63) is 150 Å². The smallest absolute Gasteiger partial charge is 0.211 e. The van der Waals surface area contributed by atoms with Gasteiger partial charge in [0.05, 0.1) is 26.4 Å². The third-order valence-corrected chi connectivity index (χ3v) is 9.44. The van der Waals surface area contributed by atoms with Crippen LogP contribution in [-0.2, 0) is 25.7 Å². The van der Waals surface area contributed by atoms with Gasteiger partial charge in [-0.05, 0) is 86.5 Å². The monoisotopic (exact) mass is 714 g/mol. The van der Waals surface area contributed by atoms with E-state index < -0.39 is 0 Å². The van der Waals surface area contributed by atoms with Crippen LogP contribution in [0.25, 0.3) is 0 Å². The Hall–Kier alpha value is -4.90. The van der Waals surface area contributed by atoms with Crippen molar-refractivity contribution in [3.63, 3.8) is 0 Å². The molecule has 5 rings (SSSR count). The van der Waals surface area contributed by atoms with Gasteiger partial charge in [0, 0.05) is 6.07 Å². The van der Waals surface area contributed by atoms with E-state index in [4.69, 9.17) is 18.9 Å². The summed E-state index contributed by atoms with van der Waals surface area (Å²) in [6, 6.07) is 43.8. The molecule has 0 saturated carbocycles. The highest BCUT2D eigenvalue weighted by Gasteiger charge is 2.24. The molecule has 0 aliphatic heterocycles. The van der Waals surface area contributed by atoms with Crippen LogP contribution in [0.1, 0.15) is 86.5 Å². The Morgan fingerprint density at radius 2 is 0.660 bits per heavy atom. The van der Waals surface area contributed by atoms with Crippen molar-refractivity contribution in [1.29, 1.82) is 0 Å². The Morgan fingerprint density at radius 1 is 0.321 bits per heavy atom. The Balaban J connectivity index is 1.22. The number of aromatic hydroxyl groups is 1. The predicted octanol–water partition coefficient (Wildman–Crippen LogP) is 11.8. The third-order valence-electron chi connectivity index (χ3n) is 9.44. The first kappa shape index (κ1) is 39.3. The first-order chi connectivity index (χ1) is 26.3. The van der Waals surface area contributed by atoms with Gasteiger partial charge in [0.25, 0.3) is 0 Å². The van der Waals surface area contributed by atoms with E-state index in [1.54, 1.807) is 6.07 Å². The highest BCUT2D eigenvalue weighted by Crippen LogP contribution is 2.50. The quantitative estimate of drug-likeness (QED) is 0.0578. The maximum atomic E-state index is 11.4. The second-order valence-corrected chi connectivity index (χ2v) is 13.8. The molecule has 53 heavy (non-hydrogen) atoms. The van der Waals surface area contributed by atoms with Crippen molar-refractivity contribution in [3.8, 4) is 28.7 Å². The van der Waals surface area contributed by atoms with E-state index in [-0.39, 0.29) is 5.75 Å². The van der Waals surface area contributed by atoms with Gasteiger partial charge in [-0.2, -0.15) is 0 Å². The van der Waals surface area contributed by atoms with E-state index in [0.29, 0.717) is 49.4 Å². The number of hydrogen-bond acceptors (Lipinski definition) is 5. The standard InChI is InChI=1S/C48H58O5/c49-44-39-45(50-37-21-33-42-29-15-7-16-30-42)47(52-38-22-34-43-31-17-8-18-32-43)48(53-36-20-4-2-10-24-41-27-13-6-14-28-41)46(44)51-35-19-3-1-9-23-40-25-11-5-12-26-40/h5-8,11-18,25-32,39,49H,1-4,9-10,19-24,33-38H2. The molecule has 0 unspecified atom stereocenters. The normalized spacial score (nSPS) is 10.9. The van der Waals surface area contributed by atoms with Crippen molar-refractivity contribution in [2.24, 2.45) is 0 Å². The summed E-state index contributed by atoms with van der Waals surface area (Å²) in [5.41, 5.74) is 5.31. The first-order valence-corrected chi connectivity index (χ1v) is 19.8. The number of rotatable bonds is 26. The van der Waals surface area contributed by atoms with Gasteiger partial charge in [-0.1, -0.05) is 147 Å². The van der Waals surface area contributed by atoms with Crippen molar-refractivity contribution in [2.75, 3.05) is 26.4 Å². The van der Waals surface area contributed by atoms with Crippen molar-refractivity contribution >= 4 is 0 Å². The molecule has 5 heteroatoms. The molecule has 0 amide bonds. The minimum atomic E-state index is 0.0154. The molecule has 5 aromatic carbocycles. The minimum Gasteiger partial charge on any atom is -0.504 e. The van der Waals surface area contributed by atoms with Gasteiger partial charge in [0.2, 0.25) is 17.2 Å². The fraction of sp³-hybridized carbons (Fsp3) is 0.375. The van der Waals surface area contributed by atoms with E-state index in [1.165, 1.54) is 22.3 Å². The maximum Gasteiger partial charge on any atom is 0.211 e. The zero-order valence-electron chi connectivity index (χ0n) is 31.4. The molecular weight excluding hydrogens is 657 g/mol. The highest BCUT2D eigenvalue weighted by molar-refractivity contribution is 5.65. The Bertz CT molecular complexity index is 1680. The lowest BCUT2D eigenvalue weighted by Gasteiger charge is -2.21. The van der Waals surface area contributed by atoms with Crippen LogP contribution < -0.4 is 18.9 Å². The van der Waals surface area contributed by atoms with Gasteiger partial charge in [-0.3, -0.25) is 0 Å². The molecule has 0 heterocycles. The molecule has 0 aromatic heterocycles. The predicted molar refractivity (Wildman–Crippen MR) is 217 cm³/mol. The van der Waals surface area contributed by atoms with Crippen LogP contribution in [0.2, 0.25) is 0 Å². The maximum absolute atomic E-state index is 11.4. The number of ether oxygens (including phenoxy) is 4. The van der Waals surface area contributed by atoms with Crippen molar-refractivity contribution in [1.82, 2.24) is 0 Å². The molecule has 5 nitrogen and oxygen atoms in total. The molecule has 0 aliphatic carbocycles. The number of benzene rings is 5. The lowest BCUT2D eigenvalue weighted by Crippen LogP contribution is -2.09. The lowest BCUT2D eigenvalue weighted by atomic mass is 10.1.